The van der Waals surface area contributed by atoms with Gasteiger partial charge in [0, 0.05) is 0 Å². The van der Waals surface area contributed by atoms with Crippen molar-refractivity contribution in [1.29, 1.82) is 0 Å². The highest BCUT2D eigenvalue weighted by Crippen LogP contribution is 2.30. The van der Waals surface area contributed by atoms with Crippen molar-refractivity contribution in [2.24, 2.45) is 0 Å². The first-order chi connectivity index (χ1) is 8.00. The number of hydrogen-bond donors (Lipinski definition) is 1. The molecular weight excluding hydrogens is 246 g/mol. The number of carbonyl (C=O) groups is 1. The van der Waals surface area contributed by atoms with Crippen molar-refractivity contribution < 1.29 is 18.7 Å². The van der Waals surface area contributed by atoms with Gasteiger partial charge in [-0.25, -0.2) is 4.79 Å². The van der Waals surface area contributed by atoms with Crippen molar-refractivity contribution in [3.05, 3.63) is 0 Å². The van der Waals surface area contributed by atoms with E-state index in [0.717, 1.165) is 19.3 Å². The molecule has 0 aliphatic heterocycles. The van der Waals surface area contributed by atoms with Crippen molar-refractivity contribution in [2.45, 2.75) is 63.5 Å². The topological polar surface area (TPSA) is 37.3 Å². The molecule has 0 radical (unpaired) electrons. The lowest BCUT2D eigenvalue weighted by Gasteiger charge is -2.09. The number of unbranched alkanes of at least 4 members (excludes halogenated alkanes) is 7. The first kappa shape index (κ1) is 16.7. The summed E-state index contributed by atoms with van der Waals surface area (Å²) in [5.41, 5.74) is 0. The third kappa shape index (κ3) is 9.39. The zero-order valence-corrected chi connectivity index (χ0v) is 11.2. The third-order valence-corrected chi connectivity index (χ3v) is 3.56. The standard InChI is InChI=1S/C12H22F2O2S/c1-2-3-4-5-6-7-8-9-10-17-12(13,14)11(15)16/h2-10H2,1H3,(H,15,16). The highest BCUT2D eigenvalue weighted by Gasteiger charge is 2.38. The Morgan fingerprint density at radius 3 is 2.00 bits per heavy atom. The van der Waals surface area contributed by atoms with E-state index in [1.165, 1.54) is 25.7 Å². The first-order valence-electron chi connectivity index (χ1n) is 6.26. The van der Waals surface area contributed by atoms with Crippen LogP contribution in [0.2, 0.25) is 0 Å². The van der Waals surface area contributed by atoms with Crippen LogP contribution in [0.25, 0.3) is 0 Å². The lowest BCUT2D eigenvalue weighted by atomic mass is 10.1. The summed E-state index contributed by atoms with van der Waals surface area (Å²) in [5.74, 6) is -1.82. The van der Waals surface area contributed by atoms with Crippen LogP contribution in [0.5, 0.6) is 0 Å². The molecule has 0 rings (SSSR count). The fourth-order valence-corrected chi connectivity index (χ4v) is 2.23. The molecular formula is C12H22F2O2S. The third-order valence-electron chi connectivity index (χ3n) is 2.53. The Hall–Kier alpha value is -0.320. The van der Waals surface area contributed by atoms with Crippen LogP contribution in [-0.4, -0.2) is 22.1 Å². The van der Waals surface area contributed by atoms with Gasteiger partial charge in [-0.1, -0.05) is 63.6 Å². The monoisotopic (exact) mass is 268 g/mol. The summed E-state index contributed by atoms with van der Waals surface area (Å²) in [4.78, 5) is 10.1. The summed E-state index contributed by atoms with van der Waals surface area (Å²) in [5, 5.41) is 4.57. The maximum atomic E-state index is 12.6. The molecule has 0 aromatic rings. The molecule has 0 bridgehead atoms. The van der Waals surface area contributed by atoms with Gasteiger partial charge in [-0.2, -0.15) is 8.78 Å². The van der Waals surface area contributed by atoms with E-state index >= 15 is 0 Å². The van der Waals surface area contributed by atoms with E-state index in [1.54, 1.807) is 0 Å². The Balaban J connectivity index is 3.27. The summed E-state index contributed by atoms with van der Waals surface area (Å²) in [6.07, 6.45) is 8.75. The van der Waals surface area contributed by atoms with E-state index in [0.29, 0.717) is 6.42 Å². The lowest BCUT2D eigenvalue weighted by molar-refractivity contribution is -0.152. The minimum absolute atomic E-state index is 0.217. The van der Waals surface area contributed by atoms with Crippen molar-refractivity contribution in [3.63, 3.8) is 0 Å². The van der Waals surface area contributed by atoms with Gasteiger partial charge in [0.05, 0.1) is 0 Å². The van der Waals surface area contributed by atoms with Crippen LogP contribution in [0.1, 0.15) is 58.3 Å². The van der Waals surface area contributed by atoms with Gasteiger partial charge in [0.1, 0.15) is 0 Å². The molecule has 17 heavy (non-hydrogen) atoms. The zero-order valence-electron chi connectivity index (χ0n) is 10.4. The van der Waals surface area contributed by atoms with Crippen molar-refractivity contribution in [2.75, 3.05) is 5.75 Å². The Bertz CT molecular complexity index is 211. The molecule has 1 N–H and O–H groups in total. The number of carboxylic acid groups (broad SMARTS) is 1. The van der Waals surface area contributed by atoms with Crippen LogP contribution < -0.4 is 0 Å². The summed E-state index contributed by atoms with van der Waals surface area (Å²) in [6, 6.07) is 0. The molecule has 0 aromatic heterocycles. The number of alkyl halides is 2. The maximum absolute atomic E-state index is 12.6. The normalized spacial score (nSPS) is 11.7. The average Bonchev–Trinajstić information content (AvgIpc) is 2.26. The highest BCUT2D eigenvalue weighted by molar-refractivity contribution is 8.01. The molecule has 2 nitrogen and oxygen atoms in total. The van der Waals surface area contributed by atoms with Gasteiger partial charge in [-0.3, -0.25) is 0 Å². The van der Waals surface area contributed by atoms with Gasteiger partial charge < -0.3 is 5.11 Å². The van der Waals surface area contributed by atoms with Crippen molar-refractivity contribution >= 4 is 17.7 Å². The number of halogens is 2. The molecule has 0 unspecified atom stereocenters. The van der Waals surface area contributed by atoms with Gasteiger partial charge in [0.25, 0.3) is 0 Å². The summed E-state index contributed by atoms with van der Waals surface area (Å²) >= 11 is 0.226. The fraction of sp³-hybridized carbons (Fsp3) is 0.917. The highest BCUT2D eigenvalue weighted by atomic mass is 32.2. The molecule has 0 aliphatic carbocycles. The number of thioether (sulfide) groups is 1. The zero-order chi connectivity index (χ0) is 13.1. The SMILES string of the molecule is CCCCCCCCCCSC(F)(F)C(=O)O. The van der Waals surface area contributed by atoms with Gasteiger partial charge in [-0.05, 0) is 12.2 Å². The molecule has 0 aliphatic rings. The molecule has 5 heteroatoms. The second kappa shape index (κ2) is 9.68. The van der Waals surface area contributed by atoms with Crippen LogP contribution >= 0.6 is 11.8 Å². The molecule has 0 spiro atoms. The van der Waals surface area contributed by atoms with Crippen molar-refractivity contribution in [1.82, 2.24) is 0 Å². The van der Waals surface area contributed by atoms with E-state index in [4.69, 9.17) is 5.11 Å². The second-order valence-corrected chi connectivity index (χ2v) is 5.35. The van der Waals surface area contributed by atoms with Crippen molar-refractivity contribution in [3.8, 4) is 0 Å². The molecule has 0 aromatic carbocycles. The van der Waals surface area contributed by atoms with Gasteiger partial charge >= 0.3 is 11.2 Å². The van der Waals surface area contributed by atoms with Crippen LogP contribution in [-0.2, 0) is 4.79 Å². The summed E-state index contributed by atoms with van der Waals surface area (Å²) in [6.45, 7) is 2.17. The fourth-order valence-electron chi connectivity index (χ4n) is 1.50. The minimum atomic E-state index is -3.62. The Morgan fingerprint density at radius 2 is 1.53 bits per heavy atom. The molecule has 0 atom stereocenters. The molecule has 0 fully saturated rings. The largest absolute Gasteiger partial charge is 0.476 e. The Labute approximate surface area is 106 Å². The van der Waals surface area contributed by atoms with Crippen LogP contribution in [0.4, 0.5) is 8.78 Å². The molecule has 0 saturated heterocycles. The van der Waals surface area contributed by atoms with E-state index in [2.05, 4.69) is 6.92 Å². The lowest BCUT2D eigenvalue weighted by Crippen LogP contribution is -2.24. The quantitative estimate of drug-likeness (QED) is 0.559. The van der Waals surface area contributed by atoms with E-state index in [-0.39, 0.29) is 17.5 Å². The van der Waals surface area contributed by atoms with Gasteiger partial charge in [0.15, 0.2) is 0 Å². The Morgan fingerprint density at radius 1 is 1.06 bits per heavy atom. The number of aliphatic carboxylic acids is 1. The molecule has 102 valence electrons. The minimum Gasteiger partial charge on any atom is -0.476 e. The summed E-state index contributed by atoms with van der Waals surface area (Å²) < 4.78 is 25.2. The molecule has 0 saturated carbocycles. The van der Waals surface area contributed by atoms with Crippen LogP contribution in [0, 0.1) is 0 Å². The number of rotatable bonds is 11. The predicted octanol–water partition coefficient (Wildman–Crippen LogP) is 4.54. The van der Waals surface area contributed by atoms with E-state index in [9.17, 15) is 13.6 Å². The average molecular weight is 268 g/mol. The number of carboxylic acids is 1. The smallest absolute Gasteiger partial charge is 0.388 e. The van der Waals surface area contributed by atoms with Crippen LogP contribution in [0.3, 0.4) is 0 Å². The van der Waals surface area contributed by atoms with E-state index in [1.807, 2.05) is 0 Å². The predicted molar refractivity (Wildman–Crippen MR) is 67.7 cm³/mol. The first-order valence-corrected chi connectivity index (χ1v) is 7.24. The summed E-state index contributed by atoms with van der Waals surface area (Å²) in [7, 11) is 0. The van der Waals surface area contributed by atoms with Crippen LogP contribution in [0.15, 0.2) is 0 Å². The van der Waals surface area contributed by atoms with Gasteiger partial charge in [-0.15, -0.1) is 0 Å². The number of hydrogen-bond acceptors (Lipinski definition) is 2. The molecule has 0 amide bonds. The van der Waals surface area contributed by atoms with E-state index < -0.39 is 11.2 Å². The second-order valence-electron chi connectivity index (χ2n) is 4.15. The molecule has 0 heterocycles. The van der Waals surface area contributed by atoms with Gasteiger partial charge in [0.2, 0.25) is 0 Å². The Kier molecular flexibility index (Phi) is 9.50. The maximum Gasteiger partial charge on any atom is 0.388 e.